The molecule has 2 N–H and O–H groups in total. The van der Waals surface area contributed by atoms with Crippen LogP contribution in [-0.2, 0) is 11.1 Å². The molecule has 5 heteroatoms. The summed E-state index contributed by atoms with van der Waals surface area (Å²) in [6, 6.07) is 6.09. The van der Waals surface area contributed by atoms with Gasteiger partial charge in [0.15, 0.2) is 11.1 Å². The fourth-order valence-electron chi connectivity index (χ4n) is 0.670. The van der Waals surface area contributed by atoms with E-state index in [2.05, 4.69) is 0 Å². The first kappa shape index (κ1) is 8.45. The third-order valence-electron chi connectivity index (χ3n) is 1.23. The Morgan fingerprint density at radius 2 is 1.82 bits per heavy atom. The van der Waals surface area contributed by atoms with Gasteiger partial charge in [-0.15, -0.1) is 0 Å². The second-order valence-corrected chi connectivity index (χ2v) is 2.92. The minimum atomic E-state index is -1.93. The van der Waals surface area contributed by atoms with Crippen molar-refractivity contribution in [3.8, 4) is 0 Å². The Morgan fingerprint density at radius 1 is 1.27 bits per heavy atom. The molecule has 1 aromatic carbocycles. The number of hydrogen-bond donors (Lipinski definition) is 2. The first-order valence-corrected chi connectivity index (χ1v) is 4.03. The molecule has 57 valence electrons. The van der Waals surface area contributed by atoms with Crippen molar-refractivity contribution in [3.63, 3.8) is 0 Å². The Bertz CT molecular complexity index is 259. The van der Waals surface area contributed by atoms with E-state index >= 15 is 0 Å². The van der Waals surface area contributed by atoms with Crippen molar-refractivity contribution in [1.29, 1.82) is 0 Å². The van der Waals surface area contributed by atoms with E-state index < -0.39 is 11.1 Å². The van der Waals surface area contributed by atoms with Gasteiger partial charge < -0.3 is 9.58 Å². The quantitative estimate of drug-likeness (QED) is 0.463. The normalized spacial score (nSPS) is 12.5. The molecule has 0 bridgehead atoms. The van der Waals surface area contributed by atoms with Crippen molar-refractivity contribution in [2.75, 3.05) is 0 Å². The summed E-state index contributed by atoms with van der Waals surface area (Å²) in [5.41, 5.74) is 0.610. The second kappa shape index (κ2) is 3.66. The van der Waals surface area contributed by atoms with Gasteiger partial charge in [-0.1, -0.05) is 17.6 Å². The van der Waals surface area contributed by atoms with E-state index in [4.69, 9.17) is 9.58 Å². The predicted octanol–water partition coefficient (Wildman–Crippen LogP) is -0.496. The zero-order valence-corrected chi connectivity index (χ0v) is 6.41. The van der Waals surface area contributed by atoms with Gasteiger partial charge in [0, 0.05) is 0 Å². The number of rotatable bonds is 2. The maximum absolute atomic E-state index is 10.4. The van der Waals surface area contributed by atoms with Gasteiger partial charge in [0.25, 0.3) is 0 Å². The molecule has 0 fully saturated rings. The standard InChI is InChI=1S/C6H6BO3S/c8-7-5-1-3-6(4-2-5)11(9)10/h1-4,8H,(H,9,10). The van der Waals surface area contributed by atoms with Gasteiger partial charge in [0.1, 0.15) is 0 Å². The molecule has 1 atom stereocenters. The smallest absolute Gasteiger partial charge is 0.326 e. The summed E-state index contributed by atoms with van der Waals surface area (Å²) in [5, 5.41) is 8.50. The number of benzene rings is 1. The van der Waals surface area contributed by atoms with Crippen LogP contribution in [0.2, 0.25) is 0 Å². The van der Waals surface area contributed by atoms with Crippen LogP contribution in [0.25, 0.3) is 0 Å². The van der Waals surface area contributed by atoms with Crippen LogP contribution in [-0.4, -0.2) is 21.3 Å². The van der Waals surface area contributed by atoms with E-state index in [1.807, 2.05) is 0 Å². The molecule has 0 aliphatic heterocycles. The SMILES string of the molecule is O=S(O)c1ccc([B]O)cc1. The summed E-state index contributed by atoms with van der Waals surface area (Å²) < 4.78 is 19.0. The molecule has 1 aromatic rings. The molecule has 1 radical (unpaired) electrons. The Hall–Kier alpha value is -0.645. The van der Waals surface area contributed by atoms with Crippen molar-refractivity contribution >= 4 is 24.0 Å². The van der Waals surface area contributed by atoms with Crippen LogP contribution in [0.5, 0.6) is 0 Å². The molecule has 3 nitrogen and oxygen atoms in total. The maximum atomic E-state index is 10.4. The molecule has 0 saturated carbocycles. The van der Waals surface area contributed by atoms with Gasteiger partial charge >= 0.3 is 7.48 Å². The van der Waals surface area contributed by atoms with Crippen LogP contribution in [0.15, 0.2) is 29.2 Å². The molecule has 11 heavy (non-hydrogen) atoms. The van der Waals surface area contributed by atoms with Crippen LogP contribution in [0.4, 0.5) is 0 Å². The summed E-state index contributed by atoms with van der Waals surface area (Å²) in [7, 11) is 0.935. The molecule has 0 amide bonds. The largest absolute Gasteiger partial charge is 0.450 e. The van der Waals surface area contributed by atoms with Crippen molar-refractivity contribution < 1.29 is 13.8 Å². The van der Waals surface area contributed by atoms with Crippen LogP contribution < -0.4 is 5.46 Å². The van der Waals surface area contributed by atoms with Crippen molar-refractivity contribution in [2.45, 2.75) is 4.90 Å². The molecule has 1 rings (SSSR count). The Kier molecular flexibility index (Phi) is 2.81. The molecule has 0 aromatic heterocycles. The topological polar surface area (TPSA) is 57.5 Å². The summed E-state index contributed by atoms with van der Waals surface area (Å²) in [6.07, 6.45) is 0. The van der Waals surface area contributed by atoms with Gasteiger partial charge in [0.05, 0.1) is 4.90 Å². The van der Waals surface area contributed by atoms with Gasteiger partial charge in [-0.3, -0.25) is 0 Å². The second-order valence-electron chi connectivity index (χ2n) is 1.95. The zero-order valence-electron chi connectivity index (χ0n) is 5.60. The van der Waals surface area contributed by atoms with Crippen molar-refractivity contribution in [3.05, 3.63) is 24.3 Å². The fraction of sp³-hybridized carbons (Fsp3) is 0. The van der Waals surface area contributed by atoms with E-state index in [1.165, 1.54) is 12.1 Å². The molecule has 0 spiro atoms. The minimum absolute atomic E-state index is 0.329. The molecule has 0 aliphatic carbocycles. The van der Waals surface area contributed by atoms with Gasteiger partial charge in [0.2, 0.25) is 0 Å². The molecule has 0 saturated heterocycles. The van der Waals surface area contributed by atoms with E-state index in [0.29, 0.717) is 10.4 Å². The minimum Gasteiger partial charge on any atom is -0.450 e. The van der Waals surface area contributed by atoms with Crippen molar-refractivity contribution in [2.24, 2.45) is 0 Å². The first-order chi connectivity index (χ1) is 5.24. The third-order valence-corrected chi connectivity index (χ3v) is 1.91. The lowest BCUT2D eigenvalue weighted by molar-refractivity contribution is 0.564. The average Bonchev–Trinajstić information content (AvgIpc) is 2.05. The van der Waals surface area contributed by atoms with Crippen LogP contribution in [0, 0.1) is 0 Å². The molecule has 0 aliphatic rings. The summed E-state index contributed by atoms with van der Waals surface area (Å²) >= 11 is -1.93. The van der Waals surface area contributed by atoms with Crippen LogP contribution in [0.3, 0.4) is 0 Å². The third kappa shape index (κ3) is 2.15. The first-order valence-electron chi connectivity index (χ1n) is 2.92. The molecular weight excluding hydrogens is 163 g/mol. The molecule has 1 unspecified atom stereocenters. The zero-order chi connectivity index (χ0) is 8.27. The summed E-state index contributed by atoms with van der Waals surface area (Å²) in [4.78, 5) is 0.329. The molecular formula is C6H6BO3S. The van der Waals surface area contributed by atoms with E-state index in [1.54, 1.807) is 12.1 Å². The Balaban J connectivity index is 2.91. The highest BCUT2D eigenvalue weighted by molar-refractivity contribution is 7.79. The van der Waals surface area contributed by atoms with Gasteiger partial charge in [-0.2, -0.15) is 0 Å². The van der Waals surface area contributed by atoms with Crippen LogP contribution in [0.1, 0.15) is 0 Å². The predicted molar refractivity (Wildman–Crippen MR) is 43.1 cm³/mol. The number of hydrogen-bond acceptors (Lipinski definition) is 2. The van der Waals surface area contributed by atoms with Crippen LogP contribution >= 0.6 is 0 Å². The maximum Gasteiger partial charge on any atom is 0.326 e. The summed E-state index contributed by atoms with van der Waals surface area (Å²) in [6.45, 7) is 0. The fourth-order valence-corrected chi connectivity index (χ4v) is 1.04. The van der Waals surface area contributed by atoms with Gasteiger partial charge in [-0.25, -0.2) is 4.21 Å². The highest BCUT2D eigenvalue weighted by atomic mass is 32.2. The monoisotopic (exact) mass is 169 g/mol. The average molecular weight is 169 g/mol. The lowest BCUT2D eigenvalue weighted by Gasteiger charge is -1.95. The van der Waals surface area contributed by atoms with E-state index in [0.717, 1.165) is 7.48 Å². The lowest BCUT2D eigenvalue weighted by Crippen LogP contribution is -2.12. The molecule has 0 heterocycles. The van der Waals surface area contributed by atoms with Crippen molar-refractivity contribution in [1.82, 2.24) is 0 Å². The lowest BCUT2D eigenvalue weighted by atomic mass is 9.89. The Labute approximate surface area is 67.6 Å². The highest BCUT2D eigenvalue weighted by Crippen LogP contribution is 2.00. The van der Waals surface area contributed by atoms with Gasteiger partial charge in [-0.05, 0) is 12.1 Å². The Morgan fingerprint density at radius 3 is 2.18 bits per heavy atom. The summed E-state index contributed by atoms with van der Waals surface area (Å²) in [5.74, 6) is 0. The van der Waals surface area contributed by atoms with E-state index in [-0.39, 0.29) is 0 Å². The van der Waals surface area contributed by atoms with E-state index in [9.17, 15) is 4.21 Å². The highest BCUT2D eigenvalue weighted by Gasteiger charge is 1.98.